The van der Waals surface area contributed by atoms with Gasteiger partial charge in [-0.25, -0.2) is 14.6 Å². The van der Waals surface area contributed by atoms with Gasteiger partial charge >= 0.3 is 0 Å². The van der Waals surface area contributed by atoms with Crippen LogP contribution in [0.5, 0.6) is 11.6 Å². The Kier molecular flexibility index (Phi) is 3.63. The average Bonchev–Trinajstić information content (AvgIpc) is 2.95. The number of aryl methyl sites for hydroxylation is 1. The van der Waals surface area contributed by atoms with Crippen molar-refractivity contribution in [1.29, 1.82) is 0 Å². The van der Waals surface area contributed by atoms with Crippen molar-refractivity contribution in [2.24, 2.45) is 0 Å². The first-order valence-electron chi connectivity index (χ1n) is 8.73. The molecule has 2 heterocycles. The van der Waals surface area contributed by atoms with Crippen LogP contribution in [0.15, 0.2) is 24.5 Å². The second-order valence-electron chi connectivity index (χ2n) is 7.55. The van der Waals surface area contributed by atoms with Crippen molar-refractivity contribution >= 4 is 16.9 Å². The monoisotopic (exact) mass is 337 g/mol. The van der Waals surface area contributed by atoms with Crippen molar-refractivity contribution in [2.45, 2.75) is 52.0 Å². The van der Waals surface area contributed by atoms with E-state index in [9.17, 15) is 0 Å². The lowest BCUT2D eigenvalue weighted by Crippen LogP contribution is -2.23. The molecule has 0 atom stereocenters. The third-order valence-corrected chi connectivity index (χ3v) is 4.66. The molecular weight excluding hydrogens is 314 g/mol. The summed E-state index contributed by atoms with van der Waals surface area (Å²) >= 11 is 0. The van der Waals surface area contributed by atoms with E-state index in [2.05, 4.69) is 41.9 Å². The number of ether oxygens (including phenoxy) is 1. The summed E-state index contributed by atoms with van der Waals surface area (Å²) in [7, 11) is 0. The van der Waals surface area contributed by atoms with Gasteiger partial charge in [-0.3, -0.25) is 0 Å². The fourth-order valence-electron chi connectivity index (χ4n) is 3.43. The van der Waals surface area contributed by atoms with E-state index in [1.54, 1.807) is 0 Å². The fourth-order valence-corrected chi connectivity index (χ4v) is 3.43. The predicted molar refractivity (Wildman–Crippen MR) is 97.9 cm³/mol. The van der Waals surface area contributed by atoms with E-state index in [1.165, 1.54) is 30.3 Å². The molecule has 0 radical (unpaired) electrons. The van der Waals surface area contributed by atoms with Gasteiger partial charge in [0.25, 0.3) is 5.88 Å². The molecule has 25 heavy (non-hydrogen) atoms. The molecule has 0 unspecified atom stereocenters. The topological polar surface area (TPSA) is 78.9 Å². The Hall–Kier alpha value is -2.63. The van der Waals surface area contributed by atoms with Crippen molar-refractivity contribution < 1.29 is 4.74 Å². The average molecular weight is 337 g/mol. The van der Waals surface area contributed by atoms with Gasteiger partial charge in [0.05, 0.1) is 5.54 Å². The number of hydrogen-bond acceptors (Lipinski definition) is 5. The molecule has 0 saturated heterocycles. The molecule has 6 heteroatoms. The predicted octanol–water partition coefficient (Wildman–Crippen LogP) is 3.83. The lowest BCUT2D eigenvalue weighted by molar-refractivity contribution is 0.348. The standard InChI is InChI=1S/C19H23N5O/c1-19(2,3)24-17-15(16(20)21-11-22-17)18(23-24)25-14-10-6-8-12-7-4-5-9-13(12)14/h6,8,10-11H,4-5,7,9H2,1-3H3,(H2,20,21,22). The minimum atomic E-state index is -0.239. The van der Waals surface area contributed by atoms with Gasteiger partial charge in [-0.05, 0) is 63.6 Å². The van der Waals surface area contributed by atoms with Crippen molar-refractivity contribution in [2.75, 3.05) is 5.73 Å². The van der Waals surface area contributed by atoms with E-state index in [1.807, 2.05) is 16.8 Å². The van der Waals surface area contributed by atoms with Crippen molar-refractivity contribution in [1.82, 2.24) is 19.7 Å². The first-order chi connectivity index (χ1) is 11.9. The van der Waals surface area contributed by atoms with E-state index in [0.29, 0.717) is 22.7 Å². The Morgan fingerprint density at radius 2 is 1.92 bits per heavy atom. The molecule has 1 aliphatic carbocycles. The van der Waals surface area contributed by atoms with Gasteiger partial charge in [-0.15, -0.1) is 5.10 Å². The third kappa shape index (κ3) is 2.71. The zero-order valence-corrected chi connectivity index (χ0v) is 14.9. The van der Waals surface area contributed by atoms with Gasteiger partial charge < -0.3 is 10.5 Å². The molecule has 2 aromatic heterocycles. The summed E-state index contributed by atoms with van der Waals surface area (Å²) in [6, 6.07) is 6.24. The van der Waals surface area contributed by atoms with E-state index in [-0.39, 0.29) is 5.54 Å². The van der Waals surface area contributed by atoms with Gasteiger partial charge in [0.2, 0.25) is 0 Å². The quantitative estimate of drug-likeness (QED) is 0.769. The van der Waals surface area contributed by atoms with Gasteiger partial charge in [-0.2, -0.15) is 0 Å². The summed E-state index contributed by atoms with van der Waals surface area (Å²) in [5.74, 6) is 1.73. The number of benzene rings is 1. The van der Waals surface area contributed by atoms with Crippen LogP contribution in [0.1, 0.15) is 44.7 Å². The highest BCUT2D eigenvalue weighted by Crippen LogP contribution is 2.37. The summed E-state index contributed by atoms with van der Waals surface area (Å²) in [6.07, 6.45) is 6.04. The highest BCUT2D eigenvalue weighted by molar-refractivity contribution is 5.91. The maximum Gasteiger partial charge on any atom is 0.251 e. The van der Waals surface area contributed by atoms with Crippen LogP contribution in [0.2, 0.25) is 0 Å². The first kappa shape index (κ1) is 15.9. The smallest absolute Gasteiger partial charge is 0.251 e. The highest BCUT2D eigenvalue weighted by atomic mass is 16.5. The van der Waals surface area contributed by atoms with Crippen LogP contribution in [0.3, 0.4) is 0 Å². The van der Waals surface area contributed by atoms with E-state index < -0.39 is 0 Å². The Bertz CT molecular complexity index is 939. The normalized spacial score (nSPS) is 14.5. The minimum absolute atomic E-state index is 0.239. The van der Waals surface area contributed by atoms with Crippen molar-refractivity contribution in [3.63, 3.8) is 0 Å². The lowest BCUT2D eigenvalue weighted by Gasteiger charge is -2.20. The Morgan fingerprint density at radius 1 is 1.12 bits per heavy atom. The molecule has 6 nitrogen and oxygen atoms in total. The fraction of sp³-hybridized carbons (Fsp3) is 0.421. The number of hydrogen-bond donors (Lipinski definition) is 1. The Balaban J connectivity index is 1.86. The van der Waals surface area contributed by atoms with Crippen LogP contribution in [-0.4, -0.2) is 19.7 Å². The highest BCUT2D eigenvalue weighted by Gasteiger charge is 2.25. The maximum absolute atomic E-state index is 6.25. The number of fused-ring (bicyclic) bond motifs is 2. The largest absolute Gasteiger partial charge is 0.437 e. The van der Waals surface area contributed by atoms with Crippen molar-refractivity contribution in [3.05, 3.63) is 35.7 Å². The Labute approximate surface area is 147 Å². The van der Waals surface area contributed by atoms with Crippen molar-refractivity contribution in [3.8, 4) is 11.6 Å². The second-order valence-corrected chi connectivity index (χ2v) is 7.55. The van der Waals surface area contributed by atoms with Crippen LogP contribution >= 0.6 is 0 Å². The van der Waals surface area contributed by atoms with Crippen LogP contribution < -0.4 is 10.5 Å². The summed E-state index contributed by atoms with van der Waals surface area (Å²) in [6.45, 7) is 6.23. The van der Waals surface area contributed by atoms with E-state index in [4.69, 9.17) is 10.5 Å². The summed E-state index contributed by atoms with van der Waals surface area (Å²) in [5.41, 5.74) is 9.22. The van der Waals surface area contributed by atoms with Gasteiger partial charge in [0.1, 0.15) is 23.3 Å². The molecule has 0 bridgehead atoms. The first-order valence-corrected chi connectivity index (χ1v) is 8.73. The van der Waals surface area contributed by atoms with Gasteiger partial charge in [-0.1, -0.05) is 12.1 Å². The summed E-state index contributed by atoms with van der Waals surface area (Å²) in [4.78, 5) is 8.51. The zero-order chi connectivity index (χ0) is 17.6. The zero-order valence-electron chi connectivity index (χ0n) is 14.9. The number of nitrogens with two attached hydrogens (primary N) is 1. The lowest BCUT2D eigenvalue weighted by atomic mass is 9.91. The Morgan fingerprint density at radius 3 is 2.72 bits per heavy atom. The molecular formula is C19H23N5O. The number of aromatic nitrogens is 4. The summed E-state index contributed by atoms with van der Waals surface area (Å²) < 4.78 is 8.11. The number of nitrogen functional groups attached to an aromatic ring is 1. The number of nitrogens with zero attached hydrogens (tertiary/aromatic N) is 4. The SMILES string of the molecule is CC(C)(C)n1nc(Oc2cccc3c2CCCC3)c2c(N)ncnc21. The van der Waals surface area contributed by atoms with Crippen LogP contribution in [0, 0.1) is 0 Å². The van der Waals surface area contributed by atoms with Crippen LogP contribution in [0.25, 0.3) is 11.0 Å². The number of anilines is 1. The third-order valence-electron chi connectivity index (χ3n) is 4.66. The molecule has 4 rings (SSSR count). The maximum atomic E-state index is 6.25. The molecule has 0 aliphatic heterocycles. The molecule has 0 spiro atoms. The molecule has 0 amide bonds. The number of rotatable bonds is 2. The second kappa shape index (κ2) is 5.72. The molecule has 3 aromatic rings. The van der Waals surface area contributed by atoms with Gasteiger partial charge in [0, 0.05) is 0 Å². The van der Waals surface area contributed by atoms with Crippen LogP contribution in [-0.2, 0) is 18.4 Å². The van der Waals surface area contributed by atoms with E-state index in [0.717, 1.165) is 18.6 Å². The molecule has 1 aromatic carbocycles. The van der Waals surface area contributed by atoms with Crippen LogP contribution in [0.4, 0.5) is 5.82 Å². The van der Waals surface area contributed by atoms with E-state index >= 15 is 0 Å². The molecule has 130 valence electrons. The molecule has 1 aliphatic rings. The van der Waals surface area contributed by atoms with Gasteiger partial charge in [0.15, 0.2) is 5.65 Å². The molecule has 2 N–H and O–H groups in total. The minimum Gasteiger partial charge on any atom is -0.437 e. The molecule has 0 fully saturated rings. The molecule has 0 saturated carbocycles. The summed E-state index contributed by atoms with van der Waals surface area (Å²) in [5, 5.41) is 5.35.